The summed E-state index contributed by atoms with van der Waals surface area (Å²) in [6, 6.07) is 6.77. The molecule has 2 rings (SSSR count). The molecule has 0 saturated carbocycles. The minimum Gasteiger partial charge on any atom is -0.347 e. The first-order chi connectivity index (χ1) is 11.4. The molecule has 4 nitrogen and oxygen atoms in total. The third kappa shape index (κ3) is 4.55. The van der Waals surface area contributed by atoms with Crippen LogP contribution in [-0.2, 0) is 16.0 Å². The van der Waals surface area contributed by atoms with Crippen LogP contribution in [0.1, 0.15) is 5.56 Å². The molecule has 24 heavy (non-hydrogen) atoms. The van der Waals surface area contributed by atoms with Crippen molar-refractivity contribution < 1.29 is 27.2 Å². The second kappa shape index (κ2) is 7.58. The minimum atomic E-state index is -1.70. The molecule has 2 aromatic rings. The molecule has 0 aliphatic heterocycles. The summed E-state index contributed by atoms with van der Waals surface area (Å²) in [5.41, 5.74) is 0.00708. The Morgan fingerprint density at radius 1 is 0.833 bits per heavy atom. The van der Waals surface area contributed by atoms with Crippen LogP contribution < -0.4 is 10.6 Å². The average molecular weight is 340 g/mol. The number of amides is 2. The molecule has 0 bridgehead atoms. The third-order valence-electron chi connectivity index (χ3n) is 3.03. The van der Waals surface area contributed by atoms with Gasteiger partial charge in [-0.3, -0.25) is 9.59 Å². The topological polar surface area (TPSA) is 58.2 Å². The molecule has 0 aliphatic rings. The van der Waals surface area contributed by atoms with Crippen molar-refractivity contribution in [3.8, 4) is 0 Å². The van der Waals surface area contributed by atoms with Gasteiger partial charge in [-0.25, -0.2) is 17.6 Å². The quantitative estimate of drug-likeness (QED) is 0.649. The van der Waals surface area contributed by atoms with Gasteiger partial charge in [-0.2, -0.15) is 0 Å². The lowest BCUT2D eigenvalue weighted by Gasteiger charge is -2.08. The molecule has 0 aliphatic carbocycles. The van der Waals surface area contributed by atoms with Crippen LogP contribution in [0.5, 0.6) is 0 Å². The first-order valence-corrected chi connectivity index (χ1v) is 6.81. The highest BCUT2D eigenvalue weighted by molar-refractivity contribution is 5.94. The maximum absolute atomic E-state index is 13.4. The largest absolute Gasteiger partial charge is 0.347 e. The number of anilines is 1. The maximum atomic E-state index is 13.4. The Morgan fingerprint density at radius 3 is 2.17 bits per heavy atom. The van der Waals surface area contributed by atoms with Crippen LogP contribution in [0.25, 0.3) is 0 Å². The van der Waals surface area contributed by atoms with Crippen molar-refractivity contribution in [2.45, 2.75) is 6.42 Å². The van der Waals surface area contributed by atoms with E-state index < -0.39 is 47.3 Å². The van der Waals surface area contributed by atoms with E-state index in [9.17, 15) is 27.2 Å². The number of hydrogen-bond donors (Lipinski definition) is 2. The van der Waals surface area contributed by atoms with Crippen LogP contribution in [0.3, 0.4) is 0 Å². The molecule has 0 unspecified atom stereocenters. The summed E-state index contributed by atoms with van der Waals surface area (Å²) in [6.45, 7) is -0.488. The molecule has 0 heterocycles. The summed E-state index contributed by atoms with van der Waals surface area (Å²) in [5.74, 6) is -6.37. The highest BCUT2D eigenvalue weighted by Crippen LogP contribution is 2.19. The van der Waals surface area contributed by atoms with E-state index in [4.69, 9.17) is 0 Å². The molecular weight excluding hydrogens is 328 g/mol. The molecule has 0 fully saturated rings. The Labute approximate surface area is 134 Å². The zero-order valence-electron chi connectivity index (χ0n) is 12.2. The van der Waals surface area contributed by atoms with Gasteiger partial charge in [0.25, 0.3) is 0 Å². The Hall–Kier alpha value is -2.90. The fraction of sp³-hybridized carbons (Fsp3) is 0.125. The van der Waals surface area contributed by atoms with Gasteiger partial charge in [0.05, 0.1) is 18.7 Å². The van der Waals surface area contributed by atoms with E-state index in [1.165, 1.54) is 24.3 Å². The summed E-state index contributed by atoms with van der Waals surface area (Å²) in [5, 5.41) is 4.30. The van der Waals surface area contributed by atoms with Gasteiger partial charge in [-0.05, 0) is 29.8 Å². The predicted octanol–water partition coefficient (Wildman–Crippen LogP) is 2.54. The standard InChI is InChI=1S/C16H12F4N2O2/c17-10-3-1-9(2-4-10)7-13(23)21-8-14(24)22-12-6-5-11(18)15(19)16(12)20/h1-6H,7-8H2,(H,21,23)(H,22,24). The lowest BCUT2D eigenvalue weighted by Crippen LogP contribution is -2.34. The molecule has 0 atom stereocenters. The molecule has 2 N–H and O–H groups in total. The predicted molar refractivity (Wildman–Crippen MR) is 78.1 cm³/mol. The van der Waals surface area contributed by atoms with Crippen molar-refractivity contribution >= 4 is 17.5 Å². The number of benzene rings is 2. The highest BCUT2D eigenvalue weighted by atomic mass is 19.2. The fourth-order valence-electron chi connectivity index (χ4n) is 1.85. The number of halogens is 4. The highest BCUT2D eigenvalue weighted by Gasteiger charge is 2.15. The van der Waals surface area contributed by atoms with Gasteiger partial charge in [0, 0.05) is 0 Å². The van der Waals surface area contributed by atoms with E-state index in [2.05, 4.69) is 5.32 Å². The minimum absolute atomic E-state index is 0.0763. The van der Waals surface area contributed by atoms with Crippen molar-refractivity contribution in [2.75, 3.05) is 11.9 Å². The van der Waals surface area contributed by atoms with E-state index in [1.54, 1.807) is 0 Å². The van der Waals surface area contributed by atoms with Gasteiger partial charge in [-0.15, -0.1) is 0 Å². The van der Waals surface area contributed by atoms with Crippen LogP contribution in [0.2, 0.25) is 0 Å². The molecule has 2 amide bonds. The van der Waals surface area contributed by atoms with Gasteiger partial charge in [0.2, 0.25) is 11.8 Å². The second-order valence-corrected chi connectivity index (χ2v) is 4.85. The molecule has 8 heteroatoms. The van der Waals surface area contributed by atoms with Crippen LogP contribution >= 0.6 is 0 Å². The second-order valence-electron chi connectivity index (χ2n) is 4.85. The number of nitrogens with one attached hydrogen (secondary N) is 2. The molecular formula is C16H12F4N2O2. The Kier molecular flexibility index (Phi) is 5.51. The average Bonchev–Trinajstić information content (AvgIpc) is 2.56. The van der Waals surface area contributed by atoms with Crippen LogP contribution in [0.15, 0.2) is 36.4 Å². The van der Waals surface area contributed by atoms with Gasteiger partial charge < -0.3 is 10.6 Å². The van der Waals surface area contributed by atoms with Crippen molar-refractivity contribution in [2.24, 2.45) is 0 Å². The number of hydrogen-bond acceptors (Lipinski definition) is 2. The lowest BCUT2D eigenvalue weighted by molar-refractivity contribution is -0.123. The summed E-state index contributed by atoms with van der Waals surface area (Å²) in [4.78, 5) is 23.3. The summed E-state index contributed by atoms with van der Waals surface area (Å²) < 4.78 is 51.9. The molecule has 0 radical (unpaired) electrons. The summed E-state index contributed by atoms with van der Waals surface area (Å²) >= 11 is 0. The maximum Gasteiger partial charge on any atom is 0.243 e. The van der Waals surface area contributed by atoms with Gasteiger partial charge in [0.1, 0.15) is 5.82 Å². The van der Waals surface area contributed by atoms with Crippen LogP contribution in [0.4, 0.5) is 23.2 Å². The Balaban J connectivity index is 1.86. The van der Waals surface area contributed by atoms with Crippen molar-refractivity contribution in [1.29, 1.82) is 0 Å². The van der Waals surface area contributed by atoms with Crippen molar-refractivity contribution in [3.05, 3.63) is 65.2 Å². The SMILES string of the molecule is O=C(Cc1ccc(F)cc1)NCC(=O)Nc1ccc(F)c(F)c1F. The molecule has 126 valence electrons. The first kappa shape index (κ1) is 17.5. The van der Waals surface area contributed by atoms with Crippen molar-refractivity contribution in [1.82, 2.24) is 5.32 Å². The Morgan fingerprint density at radius 2 is 1.50 bits per heavy atom. The van der Waals surface area contributed by atoms with Crippen LogP contribution in [-0.4, -0.2) is 18.4 Å². The smallest absolute Gasteiger partial charge is 0.243 e. The van der Waals surface area contributed by atoms with E-state index >= 15 is 0 Å². The number of carbonyl (C=O) groups excluding carboxylic acids is 2. The molecule has 0 spiro atoms. The summed E-state index contributed by atoms with van der Waals surface area (Å²) in [6.07, 6.45) is -0.0763. The normalized spacial score (nSPS) is 10.3. The Bertz CT molecular complexity index is 763. The third-order valence-corrected chi connectivity index (χ3v) is 3.03. The summed E-state index contributed by atoms with van der Waals surface area (Å²) in [7, 11) is 0. The number of rotatable bonds is 5. The van der Waals surface area contributed by atoms with Gasteiger partial charge in [-0.1, -0.05) is 12.1 Å². The first-order valence-electron chi connectivity index (χ1n) is 6.81. The van der Waals surface area contributed by atoms with E-state index in [-0.39, 0.29) is 6.42 Å². The fourth-order valence-corrected chi connectivity index (χ4v) is 1.85. The van der Waals surface area contributed by atoms with Crippen molar-refractivity contribution in [3.63, 3.8) is 0 Å². The van der Waals surface area contributed by atoms with E-state index in [0.717, 1.165) is 6.07 Å². The van der Waals surface area contributed by atoms with E-state index in [0.29, 0.717) is 11.6 Å². The monoisotopic (exact) mass is 340 g/mol. The molecule has 0 aromatic heterocycles. The molecule has 0 saturated heterocycles. The zero-order chi connectivity index (χ0) is 17.7. The van der Waals surface area contributed by atoms with E-state index in [1.807, 2.05) is 5.32 Å². The molecule has 2 aromatic carbocycles. The van der Waals surface area contributed by atoms with Crippen LogP contribution in [0, 0.1) is 23.3 Å². The van der Waals surface area contributed by atoms with Gasteiger partial charge >= 0.3 is 0 Å². The zero-order valence-corrected chi connectivity index (χ0v) is 12.2. The lowest BCUT2D eigenvalue weighted by atomic mass is 10.1. The number of carbonyl (C=O) groups is 2. The van der Waals surface area contributed by atoms with Gasteiger partial charge in [0.15, 0.2) is 17.5 Å².